The number of rotatable bonds is 1. The minimum atomic E-state index is -0.320. The zero-order valence-corrected chi connectivity index (χ0v) is 10.7. The first-order chi connectivity index (χ1) is 7.75. The Hall–Kier alpha value is -1.34. The minimum Gasteiger partial charge on any atom is -0.0671 e. The fourth-order valence-electron chi connectivity index (χ4n) is 2.46. The summed E-state index contributed by atoms with van der Waals surface area (Å²) in [6, 6.07) is 15.8. The standard InChI is InChI=1S/C15H15Si/c1-16(2)13-7-8-15-12(10-13)9-11-5-3-4-6-14(11)15/h3-8,10H,9H2,1-2H3. The normalized spacial score (nSPS) is 12.7. The van der Waals surface area contributed by atoms with E-state index in [1.54, 1.807) is 5.19 Å². The van der Waals surface area contributed by atoms with Crippen LogP contribution in [-0.2, 0) is 6.42 Å². The second kappa shape index (κ2) is 3.60. The highest BCUT2D eigenvalue weighted by atomic mass is 28.3. The Morgan fingerprint density at radius 1 is 0.875 bits per heavy atom. The van der Waals surface area contributed by atoms with Gasteiger partial charge < -0.3 is 0 Å². The van der Waals surface area contributed by atoms with E-state index in [0.717, 1.165) is 6.42 Å². The fraction of sp³-hybridized carbons (Fsp3) is 0.200. The summed E-state index contributed by atoms with van der Waals surface area (Å²) < 4.78 is 0. The zero-order valence-electron chi connectivity index (χ0n) is 9.75. The summed E-state index contributed by atoms with van der Waals surface area (Å²) in [7, 11) is -0.320. The average molecular weight is 223 g/mol. The molecule has 79 valence electrons. The molecule has 0 atom stereocenters. The highest BCUT2D eigenvalue weighted by molar-refractivity contribution is 6.70. The fourth-order valence-corrected chi connectivity index (χ4v) is 3.34. The van der Waals surface area contributed by atoms with E-state index in [9.17, 15) is 0 Å². The lowest BCUT2D eigenvalue weighted by atomic mass is 10.1. The lowest BCUT2D eigenvalue weighted by Gasteiger charge is -2.06. The van der Waals surface area contributed by atoms with Crippen molar-refractivity contribution < 1.29 is 0 Å². The third-order valence-corrected chi connectivity index (χ3v) is 4.84. The predicted octanol–water partition coefficient (Wildman–Crippen LogP) is 3.22. The first-order valence-corrected chi connectivity index (χ1v) is 8.27. The Bertz CT molecular complexity index is 541. The molecule has 2 aromatic carbocycles. The molecule has 2 aromatic rings. The van der Waals surface area contributed by atoms with Crippen LogP contribution in [0.5, 0.6) is 0 Å². The van der Waals surface area contributed by atoms with Crippen molar-refractivity contribution >= 4 is 14.0 Å². The Balaban J connectivity index is 2.14. The lowest BCUT2D eigenvalue weighted by Crippen LogP contribution is -2.22. The molecule has 3 rings (SSSR count). The molecule has 0 saturated heterocycles. The number of fused-ring (bicyclic) bond motifs is 3. The van der Waals surface area contributed by atoms with Crippen LogP contribution in [0.2, 0.25) is 13.1 Å². The molecule has 0 amide bonds. The number of hydrogen-bond donors (Lipinski definition) is 0. The van der Waals surface area contributed by atoms with Gasteiger partial charge in [-0.05, 0) is 28.7 Å². The van der Waals surface area contributed by atoms with Crippen molar-refractivity contribution in [3.05, 3.63) is 53.6 Å². The van der Waals surface area contributed by atoms with Crippen LogP contribution in [0.1, 0.15) is 11.1 Å². The van der Waals surface area contributed by atoms with Crippen molar-refractivity contribution in [1.29, 1.82) is 0 Å². The van der Waals surface area contributed by atoms with E-state index in [-0.39, 0.29) is 8.80 Å². The van der Waals surface area contributed by atoms with Crippen molar-refractivity contribution in [3.8, 4) is 11.1 Å². The van der Waals surface area contributed by atoms with Crippen LogP contribution in [0.4, 0.5) is 0 Å². The monoisotopic (exact) mass is 223 g/mol. The van der Waals surface area contributed by atoms with Crippen LogP contribution >= 0.6 is 0 Å². The molecule has 1 aliphatic rings. The van der Waals surface area contributed by atoms with Crippen molar-refractivity contribution in [1.82, 2.24) is 0 Å². The molecule has 0 fully saturated rings. The Morgan fingerprint density at radius 2 is 1.62 bits per heavy atom. The van der Waals surface area contributed by atoms with Gasteiger partial charge in [-0.15, -0.1) is 0 Å². The SMILES string of the molecule is C[Si](C)c1ccc2c(c1)Cc1ccccc1-2. The quantitative estimate of drug-likeness (QED) is 0.556. The van der Waals surface area contributed by atoms with E-state index in [0.29, 0.717) is 0 Å². The van der Waals surface area contributed by atoms with Gasteiger partial charge in [0, 0.05) is 0 Å². The molecular weight excluding hydrogens is 208 g/mol. The molecule has 0 heterocycles. The lowest BCUT2D eigenvalue weighted by molar-refractivity contribution is 1.27. The largest absolute Gasteiger partial charge is 0.0791 e. The van der Waals surface area contributed by atoms with E-state index >= 15 is 0 Å². The van der Waals surface area contributed by atoms with Crippen LogP contribution in [-0.4, -0.2) is 8.80 Å². The summed E-state index contributed by atoms with van der Waals surface area (Å²) in [6.45, 7) is 4.71. The molecule has 1 radical (unpaired) electrons. The molecule has 16 heavy (non-hydrogen) atoms. The Kier molecular flexibility index (Phi) is 2.22. The second-order valence-corrected chi connectivity index (χ2v) is 7.28. The van der Waals surface area contributed by atoms with E-state index in [1.165, 1.54) is 22.3 Å². The Labute approximate surface area is 98.6 Å². The second-order valence-electron chi connectivity index (χ2n) is 4.71. The molecule has 0 aliphatic heterocycles. The van der Waals surface area contributed by atoms with Crippen molar-refractivity contribution in [2.75, 3.05) is 0 Å². The summed E-state index contributed by atoms with van der Waals surface area (Å²) in [5, 5.41) is 1.55. The zero-order chi connectivity index (χ0) is 11.1. The van der Waals surface area contributed by atoms with Gasteiger partial charge in [0.15, 0.2) is 0 Å². The molecule has 0 saturated carbocycles. The van der Waals surface area contributed by atoms with E-state index in [1.807, 2.05) is 0 Å². The van der Waals surface area contributed by atoms with Gasteiger partial charge in [-0.1, -0.05) is 60.7 Å². The van der Waals surface area contributed by atoms with Crippen molar-refractivity contribution in [2.45, 2.75) is 19.5 Å². The third kappa shape index (κ3) is 1.43. The van der Waals surface area contributed by atoms with Crippen LogP contribution in [0.15, 0.2) is 42.5 Å². The summed E-state index contributed by atoms with van der Waals surface area (Å²) in [5.41, 5.74) is 5.88. The topological polar surface area (TPSA) is 0 Å². The van der Waals surface area contributed by atoms with Gasteiger partial charge in [-0.2, -0.15) is 0 Å². The van der Waals surface area contributed by atoms with Crippen LogP contribution in [0.25, 0.3) is 11.1 Å². The first-order valence-electron chi connectivity index (χ1n) is 5.77. The Morgan fingerprint density at radius 3 is 2.44 bits per heavy atom. The van der Waals surface area contributed by atoms with Crippen LogP contribution < -0.4 is 5.19 Å². The molecule has 0 aromatic heterocycles. The molecule has 1 heteroatoms. The summed E-state index contributed by atoms with van der Waals surface area (Å²) >= 11 is 0. The molecule has 0 spiro atoms. The highest BCUT2D eigenvalue weighted by Gasteiger charge is 2.18. The molecular formula is C15H15Si. The van der Waals surface area contributed by atoms with Gasteiger partial charge in [-0.3, -0.25) is 0 Å². The molecule has 0 N–H and O–H groups in total. The van der Waals surface area contributed by atoms with Gasteiger partial charge in [0.2, 0.25) is 0 Å². The molecule has 1 aliphatic carbocycles. The molecule has 0 bridgehead atoms. The van der Waals surface area contributed by atoms with E-state index in [2.05, 4.69) is 55.6 Å². The maximum Gasteiger partial charge on any atom is 0.0791 e. The third-order valence-electron chi connectivity index (χ3n) is 3.37. The first kappa shape index (κ1) is 9.85. The molecule has 0 nitrogen and oxygen atoms in total. The van der Waals surface area contributed by atoms with Gasteiger partial charge in [-0.25, -0.2) is 0 Å². The van der Waals surface area contributed by atoms with E-state index < -0.39 is 0 Å². The maximum atomic E-state index is 2.42. The van der Waals surface area contributed by atoms with Gasteiger partial charge in [0.25, 0.3) is 0 Å². The smallest absolute Gasteiger partial charge is 0.0671 e. The summed E-state index contributed by atoms with van der Waals surface area (Å²) in [4.78, 5) is 0. The highest BCUT2D eigenvalue weighted by Crippen LogP contribution is 2.35. The maximum absolute atomic E-state index is 2.42. The van der Waals surface area contributed by atoms with Crippen LogP contribution in [0, 0.1) is 0 Å². The van der Waals surface area contributed by atoms with Gasteiger partial charge >= 0.3 is 0 Å². The van der Waals surface area contributed by atoms with Gasteiger partial charge in [0.05, 0.1) is 8.80 Å². The number of benzene rings is 2. The predicted molar refractivity (Wildman–Crippen MR) is 71.8 cm³/mol. The van der Waals surface area contributed by atoms with E-state index in [4.69, 9.17) is 0 Å². The summed E-state index contributed by atoms with van der Waals surface area (Å²) in [6.07, 6.45) is 1.12. The average Bonchev–Trinajstić information content (AvgIpc) is 2.66. The number of hydrogen-bond acceptors (Lipinski definition) is 0. The van der Waals surface area contributed by atoms with Gasteiger partial charge in [0.1, 0.15) is 0 Å². The molecule has 0 unspecified atom stereocenters. The van der Waals surface area contributed by atoms with Crippen molar-refractivity contribution in [2.24, 2.45) is 0 Å². The summed E-state index contributed by atoms with van der Waals surface area (Å²) in [5.74, 6) is 0. The minimum absolute atomic E-state index is 0.320. The van der Waals surface area contributed by atoms with Crippen molar-refractivity contribution in [3.63, 3.8) is 0 Å². The van der Waals surface area contributed by atoms with Crippen LogP contribution in [0.3, 0.4) is 0 Å².